The first-order valence-electron chi connectivity index (χ1n) is 3.63. The zero-order valence-corrected chi connectivity index (χ0v) is 6.36. The molecule has 1 aliphatic rings. The minimum absolute atomic E-state index is 0.0287. The van der Waals surface area contributed by atoms with Gasteiger partial charge in [0, 0.05) is 12.8 Å². The Kier molecular flexibility index (Phi) is 2.72. The van der Waals surface area contributed by atoms with E-state index in [4.69, 9.17) is 0 Å². The summed E-state index contributed by atoms with van der Waals surface area (Å²) in [6.45, 7) is -1.80. The maximum absolute atomic E-state index is 12.6. The van der Waals surface area contributed by atoms with E-state index in [2.05, 4.69) is 4.74 Å². The molecule has 1 saturated heterocycles. The summed E-state index contributed by atoms with van der Waals surface area (Å²) in [5.41, 5.74) is 0. The van der Waals surface area contributed by atoms with Gasteiger partial charge in [-0.3, -0.25) is 4.79 Å². The van der Waals surface area contributed by atoms with Crippen LogP contribution < -0.4 is 0 Å². The van der Waals surface area contributed by atoms with Crippen molar-refractivity contribution in [2.75, 3.05) is 13.3 Å². The highest BCUT2D eigenvalue weighted by molar-refractivity contribution is 5.79. The molecule has 0 aromatic rings. The third kappa shape index (κ3) is 1.97. The monoisotopic (exact) mass is 182 g/mol. The van der Waals surface area contributed by atoms with Crippen LogP contribution in [-0.2, 0) is 9.53 Å². The lowest BCUT2D eigenvalue weighted by Gasteiger charge is -2.27. The molecule has 0 spiro atoms. The zero-order valence-electron chi connectivity index (χ0n) is 6.36. The van der Waals surface area contributed by atoms with Crippen molar-refractivity contribution in [2.24, 2.45) is 0 Å². The molecule has 1 aliphatic heterocycles. The highest BCUT2D eigenvalue weighted by Gasteiger charge is 2.43. The second-order valence-electron chi connectivity index (χ2n) is 2.75. The third-order valence-corrected chi connectivity index (χ3v) is 1.76. The molecule has 0 N–H and O–H groups in total. The van der Waals surface area contributed by atoms with Crippen molar-refractivity contribution in [2.45, 2.75) is 24.9 Å². The van der Waals surface area contributed by atoms with Gasteiger partial charge < -0.3 is 4.74 Å². The van der Waals surface area contributed by atoms with Crippen molar-refractivity contribution in [3.8, 4) is 0 Å². The van der Waals surface area contributed by atoms with E-state index in [9.17, 15) is 18.0 Å². The molecule has 1 unspecified atom stereocenters. The van der Waals surface area contributed by atoms with Crippen LogP contribution in [0.3, 0.4) is 0 Å². The molecule has 0 radical (unpaired) electrons. The predicted molar refractivity (Wildman–Crippen MR) is 34.9 cm³/mol. The summed E-state index contributed by atoms with van der Waals surface area (Å²) in [4.78, 5) is 10.7. The normalized spacial score (nSPS) is 25.9. The van der Waals surface area contributed by atoms with Gasteiger partial charge in [0.2, 0.25) is 0 Å². The maximum Gasteiger partial charge on any atom is 0.301 e. The summed E-state index contributed by atoms with van der Waals surface area (Å²) in [6.07, 6.45) is -1.79. The third-order valence-electron chi connectivity index (χ3n) is 1.76. The highest BCUT2D eigenvalue weighted by Crippen LogP contribution is 2.27. The number of halogens is 3. The summed E-state index contributed by atoms with van der Waals surface area (Å²) in [6, 6.07) is 0. The smallest absolute Gasteiger partial charge is 0.301 e. The number of ether oxygens (including phenoxy) is 1. The van der Waals surface area contributed by atoms with Gasteiger partial charge in [0.15, 0.2) is 6.67 Å². The van der Waals surface area contributed by atoms with E-state index in [1.165, 1.54) is 0 Å². The Morgan fingerprint density at radius 1 is 1.58 bits per heavy atom. The van der Waals surface area contributed by atoms with Crippen LogP contribution in [0.4, 0.5) is 13.2 Å². The van der Waals surface area contributed by atoms with Gasteiger partial charge in [0.25, 0.3) is 0 Å². The minimum atomic E-state index is -3.52. The van der Waals surface area contributed by atoms with E-state index in [0.717, 1.165) is 0 Å². The summed E-state index contributed by atoms with van der Waals surface area (Å²) in [5.74, 6) is -3.81. The average molecular weight is 182 g/mol. The largest absolute Gasteiger partial charge is 0.371 e. The molecule has 1 heterocycles. The molecule has 0 amide bonds. The fourth-order valence-corrected chi connectivity index (χ4v) is 1.04. The van der Waals surface area contributed by atoms with Crippen LogP contribution in [0.15, 0.2) is 0 Å². The summed E-state index contributed by atoms with van der Waals surface area (Å²) >= 11 is 0. The van der Waals surface area contributed by atoms with Crippen molar-refractivity contribution >= 4 is 5.78 Å². The molecule has 1 atom stereocenters. The second-order valence-corrected chi connectivity index (χ2v) is 2.75. The summed E-state index contributed by atoms with van der Waals surface area (Å²) in [7, 11) is 0. The van der Waals surface area contributed by atoms with Gasteiger partial charge >= 0.3 is 5.92 Å². The van der Waals surface area contributed by atoms with Crippen molar-refractivity contribution in [1.29, 1.82) is 0 Å². The van der Waals surface area contributed by atoms with Gasteiger partial charge in [-0.1, -0.05) is 0 Å². The average Bonchev–Trinajstić information content (AvgIpc) is 2.05. The van der Waals surface area contributed by atoms with Gasteiger partial charge in [-0.25, -0.2) is 13.2 Å². The zero-order chi connectivity index (χ0) is 9.19. The molecule has 70 valence electrons. The molecule has 0 saturated carbocycles. The number of hydrogen-bond donors (Lipinski definition) is 0. The van der Waals surface area contributed by atoms with Crippen LogP contribution in [0.25, 0.3) is 0 Å². The molecule has 0 aromatic carbocycles. The number of carbonyl (C=O) groups excluding carboxylic acids is 1. The van der Waals surface area contributed by atoms with E-state index >= 15 is 0 Å². The van der Waals surface area contributed by atoms with Crippen molar-refractivity contribution in [1.82, 2.24) is 0 Å². The minimum Gasteiger partial charge on any atom is -0.371 e. The van der Waals surface area contributed by atoms with E-state index in [1.807, 2.05) is 0 Å². The van der Waals surface area contributed by atoms with E-state index < -0.39 is 18.7 Å². The molecule has 1 rings (SSSR count). The van der Waals surface area contributed by atoms with Gasteiger partial charge in [0.1, 0.15) is 11.9 Å². The number of carbonyl (C=O) groups is 1. The molecule has 0 bridgehead atoms. The number of Topliss-reactive ketones (excluding diaryl/α,β-unsaturated/α-hetero) is 1. The SMILES string of the molecule is O=C1CCOC(C(F)(F)CF)C1. The molecular weight excluding hydrogens is 173 g/mol. The van der Waals surface area contributed by atoms with Crippen LogP contribution in [0.5, 0.6) is 0 Å². The van der Waals surface area contributed by atoms with Crippen LogP contribution >= 0.6 is 0 Å². The van der Waals surface area contributed by atoms with Crippen LogP contribution in [0.2, 0.25) is 0 Å². The van der Waals surface area contributed by atoms with Crippen molar-refractivity contribution < 1.29 is 22.7 Å². The van der Waals surface area contributed by atoms with Crippen molar-refractivity contribution in [3.05, 3.63) is 0 Å². The number of ketones is 1. The molecular formula is C7H9F3O2. The first kappa shape index (κ1) is 9.51. The molecule has 5 heteroatoms. The molecule has 1 fully saturated rings. The maximum atomic E-state index is 12.6. The second kappa shape index (κ2) is 3.43. The lowest BCUT2D eigenvalue weighted by Crippen LogP contribution is -2.42. The van der Waals surface area contributed by atoms with Crippen LogP contribution in [0, 0.1) is 0 Å². The number of alkyl halides is 3. The Balaban J connectivity index is 2.56. The number of hydrogen-bond acceptors (Lipinski definition) is 2. The quantitative estimate of drug-likeness (QED) is 0.644. The van der Waals surface area contributed by atoms with E-state index in [0.29, 0.717) is 0 Å². The topological polar surface area (TPSA) is 26.3 Å². The van der Waals surface area contributed by atoms with E-state index in [1.54, 1.807) is 0 Å². The Hall–Kier alpha value is -0.580. The first-order valence-corrected chi connectivity index (χ1v) is 3.63. The number of rotatable bonds is 2. The molecule has 0 aromatic heterocycles. The lowest BCUT2D eigenvalue weighted by molar-refractivity contribution is -0.169. The van der Waals surface area contributed by atoms with E-state index in [-0.39, 0.29) is 25.2 Å². The van der Waals surface area contributed by atoms with Gasteiger partial charge in [-0.2, -0.15) is 0 Å². The van der Waals surface area contributed by atoms with Crippen LogP contribution in [-0.4, -0.2) is 31.1 Å². The first-order chi connectivity index (χ1) is 5.56. The summed E-state index contributed by atoms with van der Waals surface area (Å²) in [5, 5.41) is 0. The standard InChI is InChI=1S/C7H9F3O2/c8-4-7(9,10)6-3-5(11)1-2-12-6/h6H,1-4H2. The Morgan fingerprint density at radius 3 is 2.75 bits per heavy atom. The Labute approximate surface area is 67.7 Å². The molecule has 2 nitrogen and oxygen atoms in total. The Morgan fingerprint density at radius 2 is 2.25 bits per heavy atom. The molecule has 0 aliphatic carbocycles. The Bertz CT molecular complexity index is 181. The van der Waals surface area contributed by atoms with Gasteiger partial charge in [0.05, 0.1) is 6.61 Å². The van der Waals surface area contributed by atoms with Gasteiger partial charge in [-0.15, -0.1) is 0 Å². The van der Waals surface area contributed by atoms with Crippen molar-refractivity contribution in [3.63, 3.8) is 0 Å². The van der Waals surface area contributed by atoms with Crippen LogP contribution in [0.1, 0.15) is 12.8 Å². The fourth-order valence-electron chi connectivity index (χ4n) is 1.04. The lowest BCUT2D eigenvalue weighted by atomic mass is 10.0. The van der Waals surface area contributed by atoms with Gasteiger partial charge in [-0.05, 0) is 0 Å². The highest BCUT2D eigenvalue weighted by atomic mass is 19.3. The summed E-state index contributed by atoms with van der Waals surface area (Å²) < 4.78 is 41.5. The molecule has 12 heavy (non-hydrogen) atoms. The fraction of sp³-hybridized carbons (Fsp3) is 0.857. The predicted octanol–water partition coefficient (Wildman–Crippen LogP) is 1.34.